The van der Waals surface area contributed by atoms with Gasteiger partial charge >= 0.3 is 5.97 Å². The molecule has 1 saturated heterocycles. The largest absolute Gasteiger partial charge is 0.475 e. The fraction of sp³-hybridized carbons (Fsp3) is 0.778. The summed E-state index contributed by atoms with van der Waals surface area (Å²) in [6.07, 6.45) is 15.6. The fourth-order valence-corrected chi connectivity index (χ4v) is 9.04. The topological polar surface area (TPSA) is 78.6 Å². The molecule has 3 saturated carbocycles. The number of likely N-dealkylation sites (tertiary alicyclic amines) is 1. The second kappa shape index (κ2) is 8.53. The lowest BCUT2D eigenvalue weighted by Crippen LogP contribution is -2.52. The van der Waals surface area contributed by atoms with E-state index in [0.29, 0.717) is 10.8 Å². The van der Waals surface area contributed by atoms with Crippen LogP contribution in [0, 0.1) is 34.5 Å². The van der Waals surface area contributed by atoms with Gasteiger partial charge in [-0.2, -0.15) is 0 Å². The van der Waals surface area contributed by atoms with Crippen LogP contribution in [-0.4, -0.2) is 53.9 Å². The van der Waals surface area contributed by atoms with Gasteiger partial charge in [-0.05, 0) is 107 Å². The Labute approximate surface area is 198 Å². The van der Waals surface area contributed by atoms with Gasteiger partial charge in [0, 0.05) is 24.7 Å². The van der Waals surface area contributed by atoms with Crippen molar-refractivity contribution in [1.82, 2.24) is 15.4 Å². The number of nitrogens with zero attached hydrogens (tertiary/aromatic N) is 2. The molecule has 5 aliphatic rings. The maximum Gasteiger partial charge on any atom is 0.374 e. The third kappa shape index (κ3) is 3.59. The van der Waals surface area contributed by atoms with E-state index in [0.717, 1.165) is 35.8 Å². The van der Waals surface area contributed by atoms with E-state index < -0.39 is 5.97 Å². The maximum absolute atomic E-state index is 9.93. The van der Waals surface area contributed by atoms with Gasteiger partial charge in [0.25, 0.3) is 0 Å². The van der Waals surface area contributed by atoms with E-state index in [1.807, 2.05) is 5.57 Å². The first-order chi connectivity index (χ1) is 15.8. The summed E-state index contributed by atoms with van der Waals surface area (Å²) >= 11 is 0. The van der Waals surface area contributed by atoms with Crippen LogP contribution in [0.2, 0.25) is 0 Å². The van der Waals surface area contributed by atoms with Crippen LogP contribution in [0.1, 0.15) is 75.8 Å². The molecular weight excluding hydrogens is 414 g/mol. The predicted molar refractivity (Wildman–Crippen MR) is 128 cm³/mol. The van der Waals surface area contributed by atoms with Gasteiger partial charge in [0.1, 0.15) is 0 Å². The van der Waals surface area contributed by atoms with Crippen LogP contribution < -0.4 is 5.32 Å². The number of carboxylic acid groups (broad SMARTS) is 1. The SMILES string of the molecule is CNC1CCC2(C)C(=CCC3C2CCC24CN(C)C(C)C2CCC34)C1.O=C(O)c1ccno1. The first-order valence-electron chi connectivity index (χ1n) is 13.0. The Morgan fingerprint density at radius 1 is 1.21 bits per heavy atom. The number of carbonyl (C=O) groups is 1. The number of aromatic carboxylic acids is 1. The number of fused-ring (bicyclic) bond motifs is 4. The van der Waals surface area contributed by atoms with E-state index >= 15 is 0 Å². The van der Waals surface area contributed by atoms with Crippen molar-refractivity contribution in [3.8, 4) is 0 Å². The molecular formula is C27H41N3O3. The number of carboxylic acids is 1. The molecule has 8 unspecified atom stereocenters. The minimum atomic E-state index is -1.09. The van der Waals surface area contributed by atoms with Gasteiger partial charge in [0.05, 0.1) is 6.20 Å². The molecule has 0 aromatic carbocycles. The van der Waals surface area contributed by atoms with Crippen LogP contribution in [0.25, 0.3) is 0 Å². The molecule has 8 atom stereocenters. The van der Waals surface area contributed by atoms with Crippen molar-refractivity contribution in [3.63, 3.8) is 0 Å². The fourth-order valence-electron chi connectivity index (χ4n) is 9.04. The van der Waals surface area contributed by atoms with Gasteiger partial charge in [-0.1, -0.05) is 23.7 Å². The molecule has 4 aliphatic carbocycles. The van der Waals surface area contributed by atoms with E-state index in [2.05, 4.69) is 53.9 Å². The monoisotopic (exact) mass is 455 g/mol. The summed E-state index contributed by atoms with van der Waals surface area (Å²) in [7, 11) is 4.54. The summed E-state index contributed by atoms with van der Waals surface area (Å²) in [6.45, 7) is 6.55. The number of rotatable bonds is 2. The quantitative estimate of drug-likeness (QED) is 0.621. The lowest BCUT2D eigenvalue weighted by atomic mass is 9.47. The minimum absolute atomic E-state index is 0.134. The Balaban J connectivity index is 0.000000243. The smallest absolute Gasteiger partial charge is 0.374 e. The zero-order valence-electron chi connectivity index (χ0n) is 20.7. The average molecular weight is 456 g/mol. The summed E-state index contributed by atoms with van der Waals surface area (Å²) in [6, 6.07) is 2.83. The number of aromatic nitrogens is 1. The first-order valence-corrected chi connectivity index (χ1v) is 13.0. The number of hydrogen-bond donors (Lipinski definition) is 2. The standard InChI is InChI=1S/C23H38N2.C4H3NO3/c1-15-19-7-8-21-18-6-5-16-13-17(24-3)9-11-22(16,2)20(18)10-12-23(19,21)14-25(15)4;6-4(7)3-1-2-5-8-3/h5,15,17-21,24H,6-14H2,1-4H3;1-2H,(H,6,7). The number of allylic oxidation sites excluding steroid dienone is 1. The van der Waals surface area contributed by atoms with Gasteiger partial charge < -0.3 is 19.8 Å². The van der Waals surface area contributed by atoms with Crippen molar-refractivity contribution in [2.75, 3.05) is 20.6 Å². The van der Waals surface area contributed by atoms with Gasteiger partial charge in [-0.15, -0.1) is 0 Å². The predicted octanol–water partition coefficient (Wildman–Crippen LogP) is 4.84. The highest BCUT2D eigenvalue weighted by molar-refractivity contribution is 5.83. The molecule has 33 heavy (non-hydrogen) atoms. The molecule has 6 nitrogen and oxygen atoms in total. The minimum Gasteiger partial charge on any atom is -0.475 e. The molecule has 0 bridgehead atoms. The Morgan fingerprint density at radius 3 is 2.67 bits per heavy atom. The highest BCUT2D eigenvalue weighted by Crippen LogP contribution is 2.68. The maximum atomic E-state index is 9.93. The molecule has 0 radical (unpaired) electrons. The Bertz CT molecular complexity index is 898. The molecule has 6 rings (SSSR count). The van der Waals surface area contributed by atoms with Crippen molar-refractivity contribution in [3.05, 3.63) is 29.7 Å². The third-order valence-electron chi connectivity index (χ3n) is 10.8. The van der Waals surface area contributed by atoms with Gasteiger partial charge in [-0.3, -0.25) is 0 Å². The average Bonchev–Trinajstić information content (AvgIpc) is 3.51. The van der Waals surface area contributed by atoms with E-state index in [1.165, 1.54) is 70.2 Å². The highest BCUT2D eigenvalue weighted by Gasteiger charge is 2.63. The van der Waals surface area contributed by atoms with Crippen molar-refractivity contribution >= 4 is 5.97 Å². The Hall–Kier alpha value is -1.66. The van der Waals surface area contributed by atoms with Crippen molar-refractivity contribution in [2.24, 2.45) is 34.5 Å². The lowest BCUT2D eigenvalue weighted by molar-refractivity contribution is -0.0403. The summed E-state index contributed by atoms with van der Waals surface area (Å²) in [5.41, 5.74) is 3.02. The Morgan fingerprint density at radius 2 is 2.00 bits per heavy atom. The van der Waals surface area contributed by atoms with E-state index in [4.69, 9.17) is 5.11 Å². The molecule has 182 valence electrons. The van der Waals surface area contributed by atoms with Crippen LogP contribution in [-0.2, 0) is 0 Å². The third-order valence-corrected chi connectivity index (χ3v) is 10.8. The summed E-state index contributed by atoms with van der Waals surface area (Å²) in [4.78, 5) is 12.6. The Kier molecular flexibility index (Phi) is 5.97. The van der Waals surface area contributed by atoms with Crippen LogP contribution in [0.3, 0.4) is 0 Å². The zero-order valence-corrected chi connectivity index (χ0v) is 20.7. The molecule has 2 heterocycles. The van der Waals surface area contributed by atoms with Gasteiger partial charge in [-0.25, -0.2) is 4.79 Å². The van der Waals surface area contributed by atoms with E-state index in [-0.39, 0.29) is 5.76 Å². The van der Waals surface area contributed by atoms with Crippen LogP contribution in [0.15, 0.2) is 28.4 Å². The van der Waals surface area contributed by atoms with E-state index in [1.54, 1.807) is 0 Å². The molecule has 1 aromatic rings. The first kappa shape index (κ1) is 23.1. The van der Waals surface area contributed by atoms with E-state index in [9.17, 15) is 4.79 Å². The normalized spacial score (nSPS) is 43.9. The molecule has 2 N–H and O–H groups in total. The molecule has 1 aromatic heterocycles. The second-order valence-corrected chi connectivity index (χ2v) is 11.8. The van der Waals surface area contributed by atoms with Crippen LogP contribution >= 0.6 is 0 Å². The molecule has 1 spiro atoms. The van der Waals surface area contributed by atoms with Crippen molar-refractivity contribution in [1.29, 1.82) is 0 Å². The highest BCUT2D eigenvalue weighted by atomic mass is 16.5. The lowest BCUT2D eigenvalue weighted by Gasteiger charge is -2.58. The van der Waals surface area contributed by atoms with Crippen LogP contribution in [0.5, 0.6) is 0 Å². The number of hydrogen-bond acceptors (Lipinski definition) is 5. The second-order valence-electron chi connectivity index (χ2n) is 11.8. The van der Waals surface area contributed by atoms with Crippen molar-refractivity contribution in [2.45, 2.75) is 77.3 Å². The summed E-state index contributed by atoms with van der Waals surface area (Å²) < 4.78 is 4.25. The van der Waals surface area contributed by atoms with Gasteiger partial charge in [0.2, 0.25) is 5.76 Å². The molecule has 0 amide bonds. The summed E-state index contributed by atoms with van der Waals surface area (Å²) in [5, 5.41) is 14.9. The van der Waals surface area contributed by atoms with Crippen LogP contribution in [0.4, 0.5) is 0 Å². The van der Waals surface area contributed by atoms with Gasteiger partial charge in [0.15, 0.2) is 0 Å². The molecule has 6 heteroatoms. The molecule has 1 aliphatic heterocycles. The zero-order chi connectivity index (χ0) is 23.4. The summed E-state index contributed by atoms with van der Waals surface area (Å²) in [5.74, 6) is 2.73. The number of nitrogens with one attached hydrogen (secondary N) is 1. The van der Waals surface area contributed by atoms with Crippen molar-refractivity contribution < 1.29 is 14.4 Å². The molecule has 4 fully saturated rings.